The normalized spacial score (nSPS) is 10.4. The number of H-pyrrole nitrogens is 1. The molecule has 24 heavy (non-hydrogen) atoms. The number of nitrogens with one attached hydrogen (secondary N) is 1. The summed E-state index contributed by atoms with van der Waals surface area (Å²) in [7, 11) is 0. The zero-order valence-corrected chi connectivity index (χ0v) is 13.5. The van der Waals surface area contributed by atoms with Crippen LogP contribution in [0.3, 0.4) is 0 Å². The first-order valence-corrected chi connectivity index (χ1v) is 7.67. The fraction of sp³-hybridized carbons (Fsp3) is 0.100. The van der Waals surface area contributed by atoms with Crippen molar-refractivity contribution in [3.05, 3.63) is 78.5 Å². The maximum absolute atomic E-state index is 11.7. The van der Waals surface area contributed by atoms with Gasteiger partial charge in [-0.1, -0.05) is 67.2 Å². The summed E-state index contributed by atoms with van der Waals surface area (Å²) in [5, 5.41) is 0. The van der Waals surface area contributed by atoms with Crippen LogP contribution >= 0.6 is 0 Å². The minimum absolute atomic E-state index is 0.121. The number of aromatic nitrogens is 2. The number of ether oxygens (including phenoxy) is 1. The summed E-state index contributed by atoms with van der Waals surface area (Å²) < 4.78 is 5.29. The van der Waals surface area contributed by atoms with E-state index in [2.05, 4.69) is 11.6 Å². The van der Waals surface area contributed by atoms with Crippen molar-refractivity contribution >= 4 is 5.97 Å². The van der Waals surface area contributed by atoms with Crippen molar-refractivity contribution in [3.8, 4) is 22.6 Å². The van der Waals surface area contributed by atoms with Crippen LogP contribution in [-0.2, 0) is 16.1 Å². The average molecular weight is 318 g/mol. The van der Waals surface area contributed by atoms with Gasteiger partial charge in [-0.3, -0.25) is 0 Å². The monoisotopic (exact) mass is 318 g/mol. The summed E-state index contributed by atoms with van der Waals surface area (Å²) in [6, 6.07) is 19.7. The fourth-order valence-corrected chi connectivity index (χ4v) is 2.34. The minimum Gasteiger partial charge on any atom is -0.456 e. The van der Waals surface area contributed by atoms with Gasteiger partial charge in [0.1, 0.15) is 12.4 Å². The van der Waals surface area contributed by atoms with Crippen LogP contribution in [-0.4, -0.2) is 15.9 Å². The van der Waals surface area contributed by atoms with Gasteiger partial charge in [0, 0.05) is 16.7 Å². The van der Waals surface area contributed by atoms with Gasteiger partial charge in [-0.2, -0.15) is 0 Å². The van der Waals surface area contributed by atoms with Crippen molar-refractivity contribution in [3.63, 3.8) is 0 Å². The molecule has 1 heterocycles. The van der Waals surface area contributed by atoms with Gasteiger partial charge in [0.25, 0.3) is 0 Å². The summed E-state index contributed by atoms with van der Waals surface area (Å²) >= 11 is 0. The second kappa shape index (κ2) is 6.96. The second-order valence-electron chi connectivity index (χ2n) is 5.50. The largest absolute Gasteiger partial charge is 0.456 e. The molecule has 0 aliphatic carbocycles. The van der Waals surface area contributed by atoms with E-state index in [0.717, 1.165) is 28.3 Å². The highest BCUT2D eigenvalue weighted by molar-refractivity contribution is 5.87. The van der Waals surface area contributed by atoms with Crippen LogP contribution in [0.25, 0.3) is 22.6 Å². The minimum atomic E-state index is -0.412. The zero-order chi connectivity index (χ0) is 16.9. The van der Waals surface area contributed by atoms with Crippen molar-refractivity contribution in [2.75, 3.05) is 0 Å². The molecular weight excluding hydrogens is 300 g/mol. The lowest BCUT2D eigenvalue weighted by Crippen LogP contribution is -2.05. The predicted octanol–water partition coefficient (Wildman–Crippen LogP) is 4.36. The number of imidazole rings is 1. The first-order chi connectivity index (χ1) is 11.6. The Labute approximate surface area is 140 Å². The Morgan fingerprint density at radius 3 is 2.21 bits per heavy atom. The lowest BCUT2D eigenvalue weighted by molar-refractivity contribution is -0.140. The summed E-state index contributed by atoms with van der Waals surface area (Å²) in [6.45, 7) is 5.35. The Bertz CT molecular complexity index is 852. The molecule has 2 aromatic carbocycles. The van der Waals surface area contributed by atoms with Crippen molar-refractivity contribution in [2.45, 2.75) is 13.5 Å². The van der Waals surface area contributed by atoms with E-state index in [0.29, 0.717) is 5.57 Å². The van der Waals surface area contributed by atoms with Crippen molar-refractivity contribution in [1.82, 2.24) is 9.97 Å². The molecule has 0 saturated carbocycles. The fourth-order valence-electron chi connectivity index (χ4n) is 2.34. The maximum Gasteiger partial charge on any atom is 0.333 e. The van der Waals surface area contributed by atoms with Gasteiger partial charge in [-0.25, -0.2) is 9.78 Å². The highest BCUT2D eigenvalue weighted by Gasteiger charge is 2.15. The number of carbonyl (C=O) groups is 1. The SMILES string of the molecule is C=C(C)C(=O)OCc1[nH]c(-c2ccccc2)nc1-c1ccccc1. The number of hydrogen-bond acceptors (Lipinski definition) is 3. The third kappa shape index (κ3) is 3.43. The molecule has 4 heteroatoms. The molecule has 4 nitrogen and oxygen atoms in total. The van der Waals surface area contributed by atoms with Crippen LogP contribution in [0.1, 0.15) is 12.6 Å². The smallest absolute Gasteiger partial charge is 0.333 e. The van der Waals surface area contributed by atoms with Crippen LogP contribution in [0.5, 0.6) is 0 Å². The lowest BCUT2D eigenvalue weighted by atomic mass is 10.1. The third-order valence-corrected chi connectivity index (χ3v) is 3.57. The van der Waals surface area contributed by atoms with Gasteiger partial charge in [0.15, 0.2) is 0 Å². The number of aromatic amines is 1. The molecule has 0 fully saturated rings. The van der Waals surface area contributed by atoms with Gasteiger partial charge in [-0.05, 0) is 6.92 Å². The van der Waals surface area contributed by atoms with Crippen molar-refractivity contribution in [2.24, 2.45) is 0 Å². The van der Waals surface area contributed by atoms with Crippen LogP contribution in [0.4, 0.5) is 0 Å². The molecule has 0 aliphatic heterocycles. The topological polar surface area (TPSA) is 55.0 Å². The van der Waals surface area contributed by atoms with Gasteiger partial charge in [-0.15, -0.1) is 0 Å². The molecule has 0 bridgehead atoms. The summed E-state index contributed by atoms with van der Waals surface area (Å²) in [6.07, 6.45) is 0. The van der Waals surface area contributed by atoms with Crippen LogP contribution < -0.4 is 0 Å². The van der Waals surface area contributed by atoms with Crippen LogP contribution in [0, 0.1) is 0 Å². The average Bonchev–Trinajstić information content (AvgIpc) is 3.05. The molecule has 120 valence electrons. The summed E-state index contributed by atoms with van der Waals surface area (Å²) in [5.74, 6) is 0.334. The van der Waals surface area contributed by atoms with E-state index in [1.165, 1.54) is 0 Å². The summed E-state index contributed by atoms with van der Waals surface area (Å²) in [5.41, 5.74) is 3.86. The number of hydrogen-bond donors (Lipinski definition) is 1. The zero-order valence-electron chi connectivity index (χ0n) is 13.5. The molecule has 0 amide bonds. The van der Waals surface area contributed by atoms with Crippen molar-refractivity contribution in [1.29, 1.82) is 0 Å². The van der Waals surface area contributed by atoms with Gasteiger partial charge in [0.05, 0.1) is 11.4 Å². The Morgan fingerprint density at radius 1 is 1.04 bits per heavy atom. The number of benzene rings is 2. The van der Waals surface area contributed by atoms with E-state index < -0.39 is 5.97 Å². The highest BCUT2D eigenvalue weighted by Crippen LogP contribution is 2.26. The maximum atomic E-state index is 11.7. The standard InChI is InChI=1S/C20H18N2O2/c1-14(2)20(23)24-13-17-18(15-9-5-3-6-10-15)22-19(21-17)16-11-7-4-8-12-16/h3-12H,1,13H2,2H3,(H,21,22). The molecule has 3 aromatic rings. The molecule has 0 atom stereocenters. The molecule has 0 radical (unpaired) electrons. The van der Waals surface area contributed by atoms with Gasteiger partial charge < -0.3 is 9.72 Å². The molecule has 1 aromatic heterocycles. The summed E-state index contributed by atoms with van der Waals surface area (Å²) in [4.78, 5) is 19.7. The quantitative estimate of drug-likeness (QED) is 0.561. The second-order valence-corrected chi connectivity index (χ2v) is 5.50. The Kier molecular flexibility index (Phi) is 4.57. The first kappa shape index (κ1) is 15.7. The molecular formula is C20H18N2O2. The van der Waals surface area contributed by atoms with Crippen LogP contribution in [0.2, 0.25) is 0 Å². The molecule has 1 N–H and O–H groups in total. The Morgan fingerprint density at radius 2 is 1.62 bits per heavy atom. The Hall–Kier alpha value is -3.14. The molecule has 0 aliphatic rings. The van der Waals surface area contributed by atoms with E-state index in [1.807, 2.05) is 60.7 Å². The first-order valence-electron chi connectivity index (χ1n) is 7.67. The number of rotatable bonds is 5. The number of carbonyl (C=O) groups excluding carboxylic acids is 1. The van der Waals surface area contributed by atoms with Crippen LogP contribution in [0.15, 0.2) is 72.8 Å². The molecule has 0 unspecified atom stereocenters. The number of nitrogens with zero attached hydrogens (tertiary/aromatic N) is 1. The van der Waals surface area contributed by atoms with Gasteiger partial charge in [0.2, 0.25) is 0 Å². The lowest BCUT2D eigenvalue weighted by Gasteiger charge is -2.05. The van der Waals surface area contributed by atoms with E-state index in [1.54, 1.807) is 6.92 Å². The molecule has 3 rings (SSSR count). The van der Waals surface area contributed by atoms with E-state index >= 15 is 0 Å². The third-order valence-electron chi connectivity index (χ3n) is 3.57. The number of esters is 1. The molecule has 0 saturated heterocycles. The Balaban J connectivity index is 1.97. The van der Waals surface area contributed by atoms with E-state index in [4.69, 9.17) is 9.72 Å². The molecule has 0 spiro atoms. The van der Waals surface area contributed by atoms with Crippen molar-refractivity contribution < 1.29 is 9.53 Å². The van der Waals surface area contributed by atoms with E-state index in [9.17, 15) is 4.79 Å². The predicted molar refractivity (Wildman–Crippen MR) is 94.1 cm³/mol. The van der Waals surface area contributed by atoms with Gasteiger partial charge >= 0.3 is 5.97 Å². The highest BCUT2D eigenvalue weighted by atomic mass is 16.5. The van der Waals surface area contributed by atoms with E-state index in [-0.39, 0.29) is 6.61 Å².